The summed E-state index contributed by atoms with van der Waals surface area (Å²) in [5.74, 6) is 4.37. The minimum Gasteiger partial charge on any atom is -0.463 e. The van der Waals surface area contributed by atoms with Crippen molar-refractivity contribution in [3.05, 3.63) is 72.4 Å². The number of allylic oxidation sites excluding steroid dienone is 11. The van der Waals surface area contributed by atoms with Crippen molar-refractivity contribution in [1.82, 2.24) is 0 Å². The van der Waals surface area contributed by atoms with E-state index in [1.807, 2.05) is 0 Å². The topological polar surface area (TPSA) is 105 Å². The number of fused-ring (bicyclic) bond motifs is 5. The van der Waals surface area contributed by atoms with E-state index in [1.54, 1.807) is 0 Å². The number of hydrogen-bond donors (Lipinski definition) is 3. The fourth-order valence-electron chi connectivity index (χ4n) is 12.4. The molecule has 0 spiro atoms. The van der Waals surface area contributed by atoms with Gasteiger partial charge in [0.2, 0.25) is 0 Å². The SMILES string of the molecule is CC/C=C\C/C=C\C/C=C\C/C=C\C/C=C\CCCCCC(=O)OCC1OC(OC2CCC3(C)C(=CCC4C3CCC3(C)C(C(C)CCCC(C)C)CCC43)C2)C(O)C(O)C1O. The van der Waals surface area contributed by atoms with Crippen LogP contribution < -0.4 is 0 Å². The van der Waals surface area contributed by atoms with Gasteiger partial charge in [0.15, 0.2) is 6.29 Å². The molecule has 4 fully saturated rings. The predicted octanol–water partition coefficient (Wildman–Crippen LogP) is 12.5. The van der Waals surface area contributed by atoms with Gasteiger partial charge in [-0.1, -0.05) is 140 Å². The predicted molar refractivity (Wildman–Crippen MR) is 253 cm³/mol. The molecule has 7 nitrogen and oxygen atoms in total. The molecular formula is C55H88O7. The molecule has 13 unspecified atom stereocenters. The first-order valence-corrected chi connectivity index (χ1v) is 25.3. The first-order valence-electron chi connectivity index (χ1n) is 25.3. The van der Waals surface area contributed by atoms with Gasteiger partial charge in [-0.3, -0.25) is 4.79 Å². The molecule has 0 aromatic heterocycles. The molecule has 1 aliphatic heterocycles. The van der Waals surface area contributed by atoms with Crippen molar-refractivity contribution in [3.63, 3.8) is 0 Å². The maximum absolute atomic E-state index is 12.6. The average molecular weight is 861 g/mol. The van der Waals surface area contributed by atoms with Crippen LogP contribution in [-0.4, -0.2) is 64.7 Å². The van der Waals surface area contributed by atoms with Crippen LogP contribution in [0.4, 0.5) is 0 Å². The number of esters is 1. The quantitative estimate of drug-likeness (QED) is 0.0504. The summed E-state index contributed by atoms with van der Waals surface area (Å²) in [6.07, 6.45) is 40.3. The first kappa shape index (κ1) is 50.7. The lowest BCUT2D eigenvalue weighted by atomic mass is 9.47. The van der Waals surface area contributed by atoms with E-state index in [1.165, 1.54) is 50.5 Å². The molecule has 1 heterocycles. The van der Waals surface area contributed by atoms with Gasteiger partial charge in [0, 0.05) is 6.42 Å². The van der Waals surface area contributed by atoms with Crippen LogP contribution in [0.1, 0.15) is 176 Å². The van der Waals surface area contributed by atoms with E-state index in [9.17, 15) is 20.1 Å². The molecule has 0 bridgehead atoms. The zero-order valence-corrected chi connectivity index (χ0v) is 39.8. The summed E-state index contributed by atoms with van der Waals surface area (Å²) in [7, 11) is 0. The Morgan fingerprint density at radius 2 is 1.45 bits per heavy atom. The van der Waals surface area contributed by atoms with Gasteiger partial charge < -0.3 is 29.5 Å². The molecule has 0 amide bonds. The van der Waals surface area contributed by atoms with Crippen molar-refractivity contribution < 1.29 is 34.3 Å². The van der Waals surface area contributed by atoms with Crippen LogP contribution >= 0.6 is 0 Å². The molecule has 1 saturated heterocycles. The summed E-state index contributed by atoms with van der Waals surface area (Å²) >= 11 is 0. The highest BCUT2D eigenvalue weighted by atomic mass is 16.7. The van der Waals surface area contributed by atoms with Gasteiger partial charge in [0.1, 0.15) is 31.0 Å². The number of aliphatic hydroxyl groups is 3. The molecule has 350 valence electrons. The fourth-order valence-corrected chi connectivity index (χ4v) is 12.4. The maximum atomic E-state index is 12.6. The van der Waals surface area contributed by atoms with Gasteiger partial charge in [-0.15, -0.1) is 0 Å². The standard InChI is InChI=1S/C55H88O7/c1-7-8-9-10-11-12-13-14-15-16-17-18-19-20-21-22-23-24-25-29-49(56)60-39-48-50(57)51(58)52(59)53(62-48)61-43-34-36-54(5)42(38-43)30-31-44-46-33-32-45(41(4)28-26-27-40(2)3)55(46,6)37-35-47(44)54/h8-9,11-12,14-15,17-18,20-21,30,40-41,43-48,50-53,57-59H,7,10,13,16,19,22-29,31-39H2,1-6H3/b9-8-,12-11-,15-14-,18-17-,21-20-. The van der Waals surface area contributed by atoms with Crippen molar-refractivity contribution in [2.24, 2.45) is 46.3 Å². The summed E-state index contributed by atoms with van der Waals surface area (Å²) in [4.78, 5) is 12.6. The van der Waals surface area contributed by atoms with Crippen molar-refractivity contribution in [2.75, 3.05) is 6.61 Å². The Morgan fingerprint density at radius 3 is 2.13 bits per heavy atom. The van der Waals surface area contributed by atoms with Crippen LogP contribution in [-0.2, 0) is 19.0 Å². The molecule has 13 atom stereocenters. The zero-order chi connectivity index (χ0) is 44.5. The Balaban J connectivity index is 0.986. The first-order chi connectivity index (χ1) is 29.9. The van der Waals surface area contributed by atoms with E-state index in [4.69, 9.17) is 14.2 Å². The molecule has 5 rings (SSSR count). The number of unbranched alkanes of at least 4 members (excludes halogenated alkanes) is 3. The van der Waals surface area contributed by atoms with Gasteiger partial charge in [-0.2, -0.15) is 0 Å². The van der Waals surface area contributed by atoms with Crippen LogP contribution in [0.2, 0.25) is 0 Å². The fraction of sp³-hybridized carbons (Fsp3) is 0.764. The van der Waals surface area contributed by atoms with Crippen LogP contribution in [0.5, 0.6) is 0 Å². The highest BCUT2D eigenvalue weighted by Gasteiger charge is 2.59. The largest absolute Gasteiger partial charge is 0.463 e. The summed E-state index contributed by atoms with van der Waals surface area (Å²) in [6.45, 7) is 14.4. The highest BCUT2D eigenvalue weighted by molar-refractivity contribution is 5.69. The number of hydrogen-bond acceptors (Lipinski definition) is 7. The maximum Gasteiger partial charge on any atom is 0.305 e. The highest BCUT2D eigenvalue weighted by Crippen LogP contribution is 2.67. The molecular weight excluding hydrogens is 773 g/mol. The number of ether oxygens (including phenoxy) is 3. The van der Waals surface area contributed by atoms with Crippen molar-refractivity contribution in [3.8, 4) is 0 Å². The Labute approximate surface area is 377 Å². The third-order valence-electron chi connectivity index (χ3n) is 16.1. The smallest absolute Gasteiger partial charge is 0.305 e. The summed E-state index contributed by atoms with van der Waals surface area (Å²) in [5.41, 5.74) is 2.12. The molecule has 3 saturated carbocycles. The lowest BCUT2D eigenvalue weighted by molar-refractivity contribution is -0.313. The second-order valence-electron chi connectivity index (χ2n) is 20.8. The molecule has 62 heavy (non-hydrogen) atoms. The third kappa shape index (κ3) is 13.9. The molecule has 7 heteroatoms. The normalized spacial score (nSPS) is 35.6. The van der Waals surface area contributed by atoms with Crippen molar-refractivity contribution in [1.29, 1.82) is 0 Å². The minimum atomic E-state index is -1.46. The van der Waals surface area contributed by atoms with E-state index in [0.29, 0.717) is 11.3 Å². The number of rotatable bonds is 24. The minimum absolute atomic E-state index is 0.151. The summed E-state index contributed by atoms with van der Waals surface area (Å²) in [6, 6.07) is 0. The van der Waals surface area contributed by atoms with Crippen LogP contribution in [0.3, 0.4) is 0 Å². The lowest BCUT2D eigenvalue weighted by Gasteiger charge is -2.58. The Hall–Kier alpha value is -2.29. The Morgan fingerprint density at radius 1 is 0.774 bits per heavy atom. The van der Waals surface area contributed by atoms with Crippen molar-refractivity contribution >= 4 is 5.97 Å². The van der Waals surface area contributed by atoms with Gasteiger partial charge in [0.05, 0.1) is 6.10 Å². The second-order valence-corrected chi connectivity index (χ2v) is 20.8. The Kier molecular flexibility index (Phi) is 20.8. The number of carbonyl (C=O) groups is 1. The molecule has 3 N–H and O–H groups in total. The van der Waals surface area contributed by atoms with E-state index in [-0.39, 0.29) is 30.5 Å². The molecule has 4 aliphatic carbocycles. The van der Waals surface area contributed by atoms with Gasteiger partial charge in [-0.25, -0.2) is 0 Å². The summed E-state index contributed by atoms with van der Waals surface area (Å²) in [5, 5.41) is 32.5. The van der Waals surface area contributed by atoms with E-state index < -0.39 is 30.7 Å². The number of carbonyl (C=O) groups excluding carboxylic acids is 1. The van der Waals surface area contributed by atoms with Gasteiger partial charge in [-0.05, 0) is 149 Å². The molecule has 0 radical (unpaired) electrons. The second kappa shape index (κ2) is 25.4. The Bertz CT molecular complexity index is 1520. The summed E-state index contributed by atoms with van der Waals surface area (Å²) < 4.78 is 18.0. The number of aliphatic hydroxyl groups excluding tert-OH is 3. The van der Waals surface area contributed by atoms with Crippen LogP contribution in [0.15, 0.2) is 72.4 Å². The molecule has 5 aliphatic rings. The van der Waals surface area contributed by atoms with Gasteiger partial charge in [0.25, 0.3) is 0 Å². The lowest BCUT2D eigenvalue weighted by Crippen LogP contribution is -2.60. The van der Waals surface area contributed by atoms with E-state index in [2.05, 4.69) is 108 Å². The molecule has 0 aromatic rings. The van der Waals surface area contributed by atoms with Crippen molar-refractivity contribution in [2.45, 2.75) is 213 Å². The third-order valence-corrected chi connectivity index (χ3v) is 16.1. The zero-order valence-electron chi connectivity index (χ0n) is 39.8. The van der Waals surface area contributed by atoms with E-state index >= 15 is 0 Å². The van der Waals surface area contributed by atoms with Gasteiger partial charge >= 0.3 is 5.97 Å². The van der Waals surface area contributed by atoms with Crippen LogP contribution in [0.25, 0.3) is 0 Å². The van der Waals surface area contributed by atoms with E-state index in [0.717, 1.165) is 113 Å². The average Bonchev–Trinajstić information content (AvgIpc) is 3.61. The monoisotopic (exact) mass is 861 g/mol. The van der Waals surface area contributed by atoms with Crippen LogP contribution in [0, 0.1) is 46.3 Å². The molecule has 0 aromatic carbocycles.